The van der Waals surface area contributed by atoms with Crippen molar-refractivity contribution in [3.05, 3.63) is 51.9 Å². The number of esters is 1. The summed E-state index contributed by atoms with van der Waals surface area (Å²) < 4.78 is 16.0. The van der Waals surface area contributed by atoms with Gasteiger partial charge in [-0.15, -0.1) is 0 Å². The average Bonchev–Trinajstić information content (AvgIpc) is 3.30. The van der Waals surface area contributed by atoms with Gasteiger partial charge < -0.3 is 34.1 Å². The summed E-state index contributed by atoms with van der Waals surface area (Å²) in [4.78, 5) is 45.2. The van der Waals surface area contributed by atoms with E-state index in [0.29, 0.717) is 54.4 Å². The lowest BCUT2D eigenvalue weighted by Gasteiger charge is -2.26. The molecule has 0 radical (unpaired) electrons. The number of aryl methyl sites for hydroxylation is 1. The highest BCUT2D eigenvalue weighted by molar-refractivity contribution is 6.46. The largest absolute Gasteiger partial charge is 0.507 e. The van der Waals surface area contributed by atoms with E-state index < -0.39 is 23.7 Å². The molecule has 0 unspecified atom stereocenters. The van der Waals surface area contributed by atoms with Crippen LogP contribution in [0.2, 0.25) is 0 Å². The molecule has 1 aliphatic heterocycles. The van der Waals surface area contributed by atoms with Gasteiger partial charge in [0.05, 0.1) is 32.4 Å². The van der Waals surface area contributed by atoms with Gasteiger partial charge in [-0.1, -0.05) is 6.07 Å². The summed E-state index contributed by atoms with van der Waals surface area (Å²) in [7, 11) is 6.63. The van der Waals surface area contributed by atoms with Crippen molar-refractivity contribution in [3.63, 3.8) is 0 Å². The molecule has 2 aromatic rings. The van der Waals surface area contributed by atoms with E-state index in [1.807, 2.05) is 25.9 Å². The van der Waals surface area contributed by atoms with Crippen molar-refractivity contribution in [2.45, 2.75) is 33.2 Å². The summed E-state index contributed by atoms with van der Waals surface area (Å²) in [6.45, 7) is 6.63. The third-order valence-corrected chi connectivity index (χ3v) is 6.41. The molecule has 1 aromatic heterocycles. The number of Topliss-reactive ketones (excluding diaryl/α,β-unsaturated/α-hetero) is 1. The van der Waals surface area contributed by atoms with Gasteiger partial charge in [-0.05, 0) is 71.1 Å². The van der Waals surface area contributed by atoms with Crippen molar-refractivity contribution in [2.75, 3.05) is 48.0 Å². The molecule has 1 aromatic carbocycles. The minimum absolute atomic E-state index is 0.0531. The molecule has 1 saturated heterocycles. The standard InChI is InChI=1S/C27H35N3O7/c1-8-37-18-11-10-17(14-19(18)35-6)23-21(25(32)26(33)30(23)13-9-12-29(4)5)24(31)20-15(2)22(27(34)36-7)28-16(20)3/h10-11,14,23,28,31H,8-9,12-13H2,1-7H3/t23-/m0/s1. The third-order valence-electron chi connectivity index (χ3n) is 6.41. The van der Waals surface area contributed by atoms with Gasteiger partial charge in [0.15, 0.2) is 11.5 Å². The lowest BCUT2D eigenvalue weighted by atomic mass is 9.93. The monoisotopic (exact) mass is 513 g/mol. The maximum atomic E-state index is 13.4. The predicted octanol–water partition coefficient (Wildman–Crippen LogP) is 3.20. The first-order valence-electron chi connectivity index (χ1n) is 12.1. The van der Waals surface area contributed by atoms with E-state index in [1.165, 1.54) is 19.1 Å². The number of ketones is 1. The molecule has 2 N–H and O–H groups in total. The van der Waals surface area contributed by atoms with Crippen molar-refractivity contribution in [3.8, 4) is 11.5 Å². The number of ether oxygens (including phenoxy) is 3. The van der Waals surface area contributed by atoms with Crippen LogP contribution in [0.3, 0.4) is 0 Å². The fraction of sp³-hybridized carbons (Fsp3) is 0.444. The number of aliphatic hydroxyl groups is 1. The lowest BCUT2D eigenvalue weighted by Crippen LogP contribution is -2.32. The van der Waals surface area contributed by atoms with Gasteiger partial charge in [-0.3, -0.25) is 9.59 Å². The summed E-state index contributed by atoms with van der Waals surface area (Å²) in [5.41, 5.74) is 1.88. The molecule has 1 aliphatic rings. The number of aliphatic hydroxyl groups excluding tert-OH is 1. The fourth-order valence-corrected chi connectivity index (χ4v) is 4.69. The number of aromatic nitrogens is 1. The quantitative estimate of drug-likeness (QED) is 0.215. The van der Waals surface area contributed by atoms with Gasteiger partial charge in [0, 0.05) is 17.8 Å². The minimum Gasteiger partial charge on any atom is -0.507 e. The second-order valence-corrected chi connectivity index (χ2v) is 9.11. The van der Waals surface area contributed by atoms with E-state index in [1.54, 1.807) is 32.0 Å². The summed E-state index contributed by atoms with van der Waals surface area (Å²) in [5.74, 6) is -1.47. The molecule has 1 atom stereocenters. The number of aromatic amines is 1. The number of methoxy groups -OCH3 is 2. The molecule has 0 aliphatic carbocycles. The third kappa shape index (κ3) is 5.34. The highest BCUT2D eigenvalue weighted by Gasteiger charge is 2.46. The normalized spacial score (nSPS) is 17.0. The first-order valence-corrected chi connectivity index (χ1v) is 12.1. The van der Waals surface area contributed by atoms with Gasteiger partial charge in [0.25, 0.3) is 11.7 Å². The SMILES string of the molecule is CCOc1ccc([C@H]2C(=C(O)c3c(C)[nH]c(C(=O)OC)c3C)C(=O)C(=O)N2CCCN(C)C)cc1OC. The molecule has 1 amide bonds. The molecule has 3 rings (SSSR count). The summed E-state index contributed by atoms with van der Waals surface area (Å²) >= 11 is 0. The highest BCUT2D eigenvalue weighted by atomic mass is 16.5. The molecule has 200 valence electrons. The van der Waals surface area contributed by atoms with E-state index in [4.69, 9.17) is 14.2 Å². The van der Waals surface area contributed by atoms with Crippen LogP contribution in [-0.2, 0) is 14.3 Å². The number of nitrogens with one attached hydrogen (secondary N) is 1. The van der Waals surface area contributed by atoms with E-state index in [2.05, 4.69) is 4.98 Å². The number of nitrogens with zero attached hydrogens (tertiary/aromatic N) is 2. The predicted molar refractivity (Wildman–Crippen MR) is 138 cm³/mol. The number of carbonyl (C=O) groups excluding carboxylic acids is 3. The average molecular weight is 514 g/mol. The molecular formula is C27H35N3O7. The highest BCUT2D eigenvalue weighted by Crippen LogP contribution is 2.43. The van der Waals surface area contributed by atoms with Gasteiger partial charge >= 0.3 is 5.97 Å². The Kier molecular flexibility index (Phi) is 8.65. The Labute approximate surface area is 216 Å². The van der Waals surface area contributed by atoms with E-state index >= 15 is 0 Å². The molecule has 0 spiro atoms. The molecule has 2 heterocycles. The Bertz CT molecular complexity index is 1230. The lowest BCUT2D eigenvalue weighted by molar-refractivity contribution is -0.139. The maximum absolute atomic E-state index is 13.4. The summed E-state index contributed by atoms with van der Waals surface area (Å²) in [5, 5.41) is 11.5. The molecule has 0 bridgehead atoms. The Morgan fingerprint density at radius 2 is 1.86 bits per heavy atom. The van der Waals surface area contributed by atoms with Crippen LogP contribution in [0.4, 0.5) is 0 Å². The van der Waals surface area contributed by atoms with Crippen LogP contribution in [-0.4, -0.2) is 85.6 Å². The Morgan fingerprint density at radius 3 is 2.46 bits per heavy atom. The first-order chi connectivity index (χ1) is 17.6. The van der Waals surface area contributed by atoms with E-state index in [-0.39, 0.29) is 22.6 Å². The van der Waals surface area contributed by atoms with Crippen LogP contribution in [0, 0.1) is 13.8 Å². The fourth-order valence-electron chi connectivity index (χ4n) is 4.69. The van der Waals surface area contributed by atoms with Crippen molar-refractivity contribution >= 4 is 23.4 Å². The van der Waals surface area contributed by atoms with Gasteiger partial charge in [0.2, 0.25) is 0 Å². The molecular weight excluding hydrogens is 478 g/mol. The van der Waals surface area contributed by atoms with Gasteiger partial charge in [-0.25, -0.2) is 4.79 Å². The van der Waals surface area contributed by atoms with Crippen molar-refractivity contribution < 1.29 is 33.7 Å². The molecule has 37 heavy (non-hydrogen) atoms. The molecule has 0 saturated carbocycles. The molecule has 10 heteroatoms. The van der Waals surface area contributed by atoms with Crippen molar-refractivity contribution in [2.24, 2.45) is 0 Å². The van der Waals surface area contributed by atoms with Crippen LogP contribution in [0.25, 0.3) is 5.76 Å². The number of rotatable bonds is 10. The molecule has 10 nitrogen and oxygen atoms in total. The van der Waals surface area contributed by atoms with Crippen LogP contribution in [0.1, 0.15) is 52.3 Å². The number of likely N-dealkylation sites (tertiary alicyclic amines) is 1. The zero-order chi connectivity index (χ0) is 27.4. The van der Waals surface area contributed by atoms with Crippen molar-refractivity contribution in [1.29, 1.82) is 0 Å². The zero-order valence-electron chi connectivity index (χ0n) is 22.4. The maximum Gasteiger partial charge on any atom is 0.354 e. The first kappa shape index (κ1) is 27.8. The number of hydrogen-bond donors (Lipinski definition) is 2. The number of hydrogen-bond acceptors (Lipinski definition) is 8. The number of carbonyl (C=O) groups is 3. The van der Waals surface area contributed by atoms with E-state index in [0.717, 1.165) is 0 Å². The van der Waals surface area contributed by atoms with Crippen molar-refractivity contribution in [1.82, 2.24) is 14.8 Å². The van der Waals surface area contributed by atoms with Gasteiger partial charge in [0.1, 0.15) is 11.5 Å². The smallest absolute Gasteiger partial charge is 0.354 e. The Balaban J connectivity index is 2.22. The Morgan fingerprint density at radius 1 is 1.16 bits per heavy atom. The molecule has 1 fully saturated rings. The van der Waals surface area contributed by atoms with Crippen LogP contribution in [0.15, 0.2) is 23.8 Å². The minimum atomic E-state index is -0.859. The topological polar surface area (TPSA) is 121 Å². The van der Waals surface area contributed by atoms with Gasteiger partial charge in [-0.2, -0.15) is 0 Å². The Hall–Kier alpha value is -3.79. The number of amides is 1. The number of benzene rings is 1. The van der Waals surface area contributed by atoms with E-state index in [9.17, 15) is 19.5 Å². The summed E-state index contributed by atoms with van der Waals surface area (Å²) in [6, 6.07) is 4.33. The summed E-state index contributed by atoms with van der Waals surface area (Å²) in [6.07, 6.45) is 0.624. The van der Waals surface area contributed by atoms with Crippen LogP contribution < -0.4 is 9.47 Å². The number of H-pyrrole nitrogens is 1. The second kappa shape index (κ2) is 11.5. The zero-order valence-corrected chi connectivity index (χ0v) is 22.4. The second-order valence-electron chi connectivity index (χ2n) is 9.11. The van der Waals surface area contributed by atoms with Crippen LogP contribution >= 0.6 is 0 Å². The van der Waals surface area contributed by atoms with Crippen LogP contribution in [0.5, 0.6) is 11.5 Å².